The van der Waals surface area contributed by atoms with Crippen LogP contribution in [-0.4, -0.2) is 53.6 Å². The number of carboxylic acid groups (broad SMARTS) is 1. The predicted octanol–water partition coefficient (Wildman–Crippen LogP) is 1.33. The number of nitrogens with one attached hydrogen (secondary N) is 2. The molecule has 2 rings (SSSR count). The maximum atomic E-state index is 12.0. The highest BCUT2D eigenvalue weighted by Gasteiger charge is 2.30. The van der Waals surface area contributed by atoms with Crippen molar-refractivity contribution in [3.05, 3.63) is 0 Å². The molecular weight excluding hydrogens is 298 g/mol. The van der Waals surface area contributed by atoms with E-state index in [2.05, 4.69) is 10.6 Å². The Morgan fingerprint density at radius 2 is 1.83 bits per heavy atom. The molecule has 2 aliphatic rings. The first-order valence-corrected chi connectivity index (χ1v) is 8.61. The minimum absolute atomic E-state index is 0.0248. The van der Waals surface area contributed by atoms with Crippen molar-refractivity contribution >= 4 is 17.9 Å². The van der Waals surface area contributed by atoms with Crippen LogP contribution in [0.25, 0.3) is 0 Å². The average molecular weight is 325 g/mol. The summed E-state index contributed by atoms with van der Waals surface area (Å²) in [6, 6.07) is 0.124. The van der Waals surface area contributed by atoms with Gasteiger partial charge in [-0.1, -0.05) is 19.3 Å². The summed E-state index contributed by atoms with van der Waals surface area (Å²) in [7, 11) is 0. The van der Waals surface area contributed by atoms with E-state index in [4.69, 9.17) is 5.11 Å². The Morgan fingerprint density at radius 3 is 2.48 bits per heavy atom. The average Bonchev–Trinajstić information content (AvgIpc) is 3.02. The first kappa shape index (κ1) is 17.6. The Morgan fingerprint density at radius 1 is 1.09 bits per heavy atom. The predicted molar refractivity (Wildman–Crippen MR) is 85.0 cm³/mol. The second kappa shape index (κ2) is 8.74. The van der Waals surface area contributed by atoms with Gasteiger partial charge in [-0.3, -0.25) is 9.59 Å². The lowest BCUT2D eigenvalue weighted by molar-refractivity contribution is -0.141. The smallest absolute Gasteiger partial charge is 0.315 e. The fourth-order valence-electron chi connectivity index (χ4n) is 3.27. The van der Waals surface area contributed by atoms with Crippen LogP contribution in [-0.2, 0) is 9.59 Å². The maximum absolute atomic E-state index is 12.0. The molecule has 1 unspecified atom stereocenters. The topological polar surface area (TPSA) is 98.7 Å². The van der Waals surface area contributed by atoms with Crippen molar-refractivity contribution in [1.82, 2.24) is 15.5 Å². The highest BCUT2D eigenvalue weighted by molar-refractivity contribution is 5.79. The molecule has 1 atom stereocenters. The normalized spacial score (nSPS) is 21.9. The standard InChI is InChI=1S/C16H27N3O4/c20-14(19-10-8-12(11-19)15(21)22)7-4-9-17-16(23)18-13-5-2-1-3-6-13/h12-13H,1-11H2,(H,21,22)(H2,17,18,23). The molecule has 0 bridgehead atoms. The number of carboxylic acids is 1. The molecule has 0 aromatic heterocycles. The van der Waals surface area contributed by atoms with Crippen molar-refractivity contribution in [2.75, 3.05) is 19.6 Å². The zero-order chi connectivity index (χ0) is 16.7. The molecule has 0 spiro atoms. The number of carbonyl (C=O) groups is 3. The Labute approximate surface area is 136 Å². The summed E-state index contributed by atoms with van der Waals surface area (Å²) >= 11 is 0. The summed E-state index contributed by atoms with van der Waals surface area (Å²) in [5, 5.41) is 14.7. The van der Waals surface area contributed by atoms with E-state index in [-0.39, 0.29) is 18.0 Å². The van der Waals surface area contributed by atoms with Crippen molar-refractivity contribution in [2.24, 2.45) is 5.92 Å². The molecule has 1 saturated carbocycles. The number of likely N-dealkylation sites (tertiary alicyclic amines) is 1. The van der Waals surface area contributed by atoms with Gasteiger partial charge >= 0.3 is 12.0 Å². The van der Waals surface area contributed by atoms with Gasteiger partial charge in [0, 0.05) is 32.1 Å². The van der Waals surface area contributed by atoms with Gasteiger partial charge in [0.1, 0.15) is 0 Å². The third-order valence-electron chi connectivity index (χ3n) is 4.68. The van der Waals surface area contributed by atoms with Crippen molar-refractivity contribution in [3.63, 3.8) is 0 Å². The number of rotatable bonds is 6. The van der Waals surface area contributed by atoms with Gasteiger partial charge in [0.25, 0.3) is 0 Å². The van der Waals surface area contributed by atoms with Crippen LogP contribution in [0.3, 0.4) is 0 Å². The summed E-state index contributed by atoms with van der Waals surface area (Å²) in [5.41, 5.74) is 0. The summed E-state index contributed by atoms with van der Waals surface area (Å²) < 4.78 is 0. The highest BCUT2D eigenvalue weighted by atomic mass is 16.4. The molecule has 7 nitrogen and oxygen atoms in total. The third-order valence-corrected chi connectivity index (χ3v) is 4.68. The minimum Gasteiger partial charge on any atom is -0.481 e. The maximum Gasteiger partial charge on any atom is 0.315 e. The molecule has 23 heavy (non-hydrogen) atoms. The Bertz CT molecular complexity index is 435. The second-order valence-corrected chi connectivity index (χ2v) is 6.50. The minimum atomic E-state index is -0.832. The summed E-state index contributed by atoms with van der Waals surface area (Å²) in [6.45, 7) is 1.29. The van der Waals surface area contributed by atoms with Crippen molar-refractivity contribution in [1.29, 1.82) is 0 Å². The lowest BCUT2D eigenvalue weighted by Crippen LogP contribution is -2.43. The zero-order valence-corrected chi connectivity index (χ0v) is 13.6. The SMILES string of the molecule is O=C(NCCCC(=O)N1CCC(C(=O)O)C1)NC1CCCCC1. The molecule has 0 radical (unpaired) electrons. The van der Waals surface area contributed by atoms with E-state index in [1.54, 1.807) is 4.90 Å². The zero-order valence-electron chi connectivity index (χ0n) is 13.6. The van der Waals surface area contributed by atoms with Gasteiger partial charge in [-0.25, -0.2) is 4.79 Å². The molecule has 1 aliphatic heterocycles. The molecule has 1 aliphatic carbocycles. The van der Waals surface area contributed by atoms with E-state index < -0.39 is 11.9 Å². The van der Waals surface area contributed by atoms with Crippen LogP contribution in [0, 0.1) is 5.92 Å². The van der Waals surface area contributed by atoms with E-state index in [1.165, 1.54) is 19.3 Å². The van der Waals surface area contributed by atoms with Crippen LogP contribution in [0.4, 0.5) is 4.79 Å². The van der Waals surface area contributed by atoms with Crippen molar-refractivity contribution in [3.8, 4) is 0 Å². The van der Waals surface area contributed by atoms with Crippen LogP contribution < -0.4 is 10.6 Å². The third kappa shape index (κ3) is 5.73. The van der Waals surface area contributed by atoms with Gasteiger partial charge < -0.3 is 20.6 Å². The molecule has 0 aromatic carbocycles. The molecule has 1 heterocycles. The number of amides is 3. The van der Waals surface area contributed by atoms with Gasteiger partial charge in [0.05, 0.1) is 5.92 Å². The first-order valence-electron chi connectivity index (χ1n) is 8.61. The Hall–Kier alpha value is -1.79. The fraction of sp³-hybridized carbons (Fsp3) is 0.812. The molecule has 3 amide bonds. The highest BCUT2D eigenvalue weighted by Crippen LogP contribution is 2.18. The van der Waals surface area contributed by atoms with Gasteiger partial charge in [0.15, 0.2) is 0 Å². The number of aliphatic carboxylic acids is 1. The quantitative estimate of drug-likeness (QED) is 0.642. The number of hydrogen-bond donors (Lipinski definition) is 3. The molecule has 7 heteroatoms. The Balaban J connectivity index is 1.55. The summed E-state index contributed by atoms with van der Waals surface area (Å²) in [5.74, 6) is -1.29. The lowest BCUT2D eigenvalue weighted by Gasteiger charge is -2.22. The van der Waals surface area contributed by atoms with Crippen LogP contribution >= 0.6 is 0 Å². The van der Waals surface area contributed by atoms with Crippen molar-refractivity contribution < 1.29 is 19.5 Å². The first-order chi connectivity index (χ1) is 11.1. The number of hydrogen-bond acceptors (Lipinski definition) is 3. The molecule has 130 valence electrons. The number of carbonyl (C=O) groups excluding carboxylic acids is 2. The summed E-state index contributed by atoms with van der Waals surface area (Å²) in [4.78, 5) is 36.2. The second-order valence-electron chi connectivity index (χ2n) is 6.50. The van der Waals surface area contributed by atoms with E-state index in [0.29, 0.717) is 38.9 Å². The lowest BCUT2D eigenvalue weighted by atomic mass is 9.96. The number of nitrogens with zero attached hydrogens (tertiary/aromatic N) is 1. The molecule has 0 aromatic rings. The molecular formula is C16H27N3O4. The molecule has 2 fully saturated rings. The van der Waals surface area contributed by atoms with Gasteiger partial charge in [0.2, 0.25) is 5.91 Å². The Kier molecular flexibility index (Phi) is 6.67. The monoisotopic (exact) mass is 325 g/mol. The van der Waals surface area contributed by atoms with Gasteiger partial charge in [-0.2, -0.15) is 0 Å². The van der Waals surface area contributed by atoms with Crippen LogP contribution in [0.2, 0.25) is 0 Å². The van der Waals surface area contributed by atoms with Gasteiger partial charge in [-0.15, -0.1) is 0 Å². The van der Waals surface area contributed by atoms with Gasteiger partial charge in [-0.05, 0) is 25.7 Å². The summed E-state index contributed by atoms with van der Waals surface area (Å²) in [6.07, 6.45) is 7.14. The van der Waals surface area contributed by atoms with E-state index in [9.17, 15) is 14.4 Å². The molecule has 3 N–H and O–H groups in total. The van der Waals surface area contributed by atoms with E-state index >= 15 is 0 Å². The van der Waals surface area contributed by atoms with Crippen molar-refractivity contribution in [2.45, 2.75) is 57.4 Å². The number of urea groups is 1. The van der Waals surface area contributed by atoms with Crippen LogP contribution in [0.15, 0.2) is 0 Å². The fourth-order valence-corrected chi connectivity index (χ4v) is 3.27. The largest absolute Gasteiger partial charge is 0.481 e. The van der Waals surface area contributed by atoms with Crippen LogP contribution in [0.5, 0.6) is 0 Å². The van der Waals surface area contributed by atoms with E-state index in [0.717, 1.165) is 12.8 Å². The van der Waals surface area contributed by atoms with Crippen LogP contribution in [0.1, 0.15) is 51.4 Å². The molecule has 1 saturated heterocycles. The van der Waals surface area contributed by atoms with E-state index in [1.807, 2.05) is 0 Å².